The lowest BCUT2D eigenvalue weighted by Crippen LogP contribution is -2.35. The predicted octanol–water partition coefficient (Wildman–Crippen LogP) is 3.93. The number of hydrogen-bond acceptors (Lipinski definition) is 5. The fourth-order valence-corrected chi connectivity index (χ4v) is 4.54. The van der Waals surface area contributed by atoms with E-state index in [2.05, 4.69) is 10.3 Å². The van der Waals surface area contributed by atoms with Crippen LogP contribution in [-0.2, 0) is 14.3 Å². The van der Waals surface area contributed by atoms with E-state index in [9.17, 15) is 9.59 Å². The maximum atomic E-state index is 13.2. The molecule has 4 rings (SSSR count). The Morgan fingerprint density at radius 3 is 2.59 bits per heavy atom. The molecular formula is C22H26N2O3. The molecule has 1 saturated carbocycles. The van der Waals surface area contributed by atoms with Gasteiger partial charge in [0, 0.05) is 41.7 Å². The second kappa shape index (κ2) is 7.67. The van der Waals surface area contributed by atoms with Crippen LogP contribution in [0.1, 0.15) is 69.8 Å². The SMILES string of the molecule is CC1=C(C(=O)OC2CCCCC2)[C@@H](c2ccncc2)C2=C(CCCC2=O)N1. The highest BCUT2D eigenvalue weighted by Gasteiger charge is 2.39. The van der Waals surface area contributed by atoms with Crippen LogP contribution in [0, 0.1) is 0 Å². The quantitative estimate of drug-likeness (QED) is 0.821. The third-order valence-electron chi connectivity index (χ3n) is 5.86. The summed E-state index contributed by atoms with van der Waals surface area (Å²) in [6.45, 7) is 1.91. The van der Waals surface area contributed by atoms with Gasteiger partial charge in [-0.3, -0.25) is 9.78 Å². The second-order valence-corrected chi connectivity index (χ2v) is 7.71. The first kappa shape index (κ1) is 18.0. The highest BCUT2D eigenvalue weighted by molar-refractivity contribution is 6.03. The Morgan fingerprint density at radius 1 is 1.11 bits per heavy atom. The topological polar surface area (TPSA) is 68.3 Å². The molecule has 5 nitrogen and oxygen atoms in total. The van der Waals surface area contributed by atoms with E-state index in [1.807, 2.05) is 19.1 Å². The molecule has 0 unspecified atom stereocenters. The Labute approximate surface area is 159 Å². The number of aromatic nitrogens is 1. The van der Waals surface area contributed by atoms with Crippen molar-refractivity contribution < 1.29 is 14.3 Å². The third kappa shape index (κ3) is 3.55. The van der Waals surface area contributed by atoms with Gasteiger partial charge in [-0.15, -0.1) is 0 Å². The minimum absolute atomic E-state index is 0.0120. The molecule has 0 saturated heterocycles. The lowest BCUT2D eigenvalue weighted by atomic mass is 9.75. The normalized spacial score (nSPS) is 23.7. The van der Waals surface area contributed by atoms with Gasteiger partial charge in [-0.2, -0.15) is 0 Å². The molecular weight excluding hydrogens is 340 g/mol. The number of ketones is 1. The van der Waals surface area contributed by atoms with Crippen molar-refractivity contribution in [2.45, 2.75) is 70.3 Å². The molecule has 0 bridgehead atoms. The zero-order valence-corrected chi connectivity index (χ0v) is 15.8. The fourth-order valence-electron chi connectivity index (χ4n) is 4.54. The van der Waals surface area contributed by atoms with Crippen molar-refractivity contribution in [3.63, 3.8) is 0 Å². The van der Waals surface area contributed by atoms with Gasteiger partial charge in [-0.1, -0.05) is 6.42 Å². The molecule has 1 fully saturated rings. The van der Waals surface area contributed by atoms with Crippen molar-refractivity contribution in [3.05, 3.63) is 52.6 Å². The first-order valence-corrected chi connectivity index (χ1v) is 10.00. The van der Waals surface area contributed by atoms with Crippen molar-refractivity contribution in [1.82, 2.24) is 10.3 Å². The van der Waals surface area contributed by atoms with Gasteiger partial charge in [0.1, 0.15) is 6.10 Å². The van der Waals surface area contributed by atoms with Crippen molar-refractivity contribution in [2.24, 2.45) is 0 Å². The van der Waals surface area contributed by atoms with E-state index in [0.29, 0.717) is 12.0 Å². The predicted molar refractivity (Wildman–Crippen MR) is 102 cm³/mol. The monoisotopic (exact) mass is 366 g/mol. The summed E-state index contributed by atoms with van der Waals surface area (Å²) in [6.07, 6.45) is 10.9. The molecule has 1 aromatic rings. The maximum absolute atomic E-state index is 13.2. The minimum Gasteiger partial charge on any atom is -0.459 e. The number of dihydropyridines is 1. The van der Waals surface area contributed by atoms with E-state index >= 15 is 0 Å². The number of allylic oxidation sites excluding steroid dienone is 3. The molecule has 1 atom stereocenters. The number of carbonyl (C=O) groups excluding carboxylic acids is 2. The van der Waals surface area contributed by atoms with Gasteiger partial charge in [-0.25, -0.2) is 4.79 Å². The van der Waals surface area contributed by atoms with Crippen LogP contribution in [0.15, 0.2) is 47.1 Å². The number of hydrogen-bond donors (Lipinski definition) is 1. The third-order valence-corrected chi connectivity index (χ3v) is 5.86. The highest BCUT2D eigenvalue weighted by atomic mass is 16.5. The average molecular weight is 366 g/mol. The van der Waals surface area contributed by atoms with E-state index in [4.69, 9.17) is 4.74 Å². The van der Waals surface area contributed by atoms with Gasteiger partial charge in [0.2, 0.25) is 0 Å². The molecule has 1 aromatic heterocycles. The minimum atomic E-state index is -0.367. The number of ether oxygens (including phenoxy) is 1. The number of rotatable bonds is 3. The Hall–Kier alpha value is -2.43. The lowest BCUT2D eigenvalue weighted by molar-refractivity contribution is -0.146. The van der Waals surface area contributed by atoms with Crippen LogP contribution in [0.2, 0.25) is 0 Å². The van der Waals surface area contributed by atoms with Crippen molar-refractivity contribution in [3.8, 4) is 0 Å². The van der Waals surface area contributed by atoms with E-state index < -0.39 is 0 Å². The van der Waals surface area contributed by atoms with E-state index in [-0.39, 0.29) is 23.8 Å². The molecule has 142 valence electrons. The van der Waals surface area contributed by atoms with Crippen molar-refractivity contribution in [2.75, 3.05) is 0 Å². The molecule has 0 amide bonds. The van der Waals surface area contributed by atoms with Crippen LogP contribution >= 0.6 is 0 Å². The summed E-state index contributed by atoms with van der Waals surface area (Å²) in [5.74, 6) is -0.534. The number of Topliss-reactive ketones (excluding diaryl/α,β-unsaturated/α-hetero) is 1. The summed E-state index contributed by atoms with van der Waals surface area (Å²) >= 11 is 0. The molecule has 5 heteroatoms. The Bertz CT molecular complexity index is 804. The van der Waals surface area contributed by atoms with Gasteiger partial charge in [0.25, 0.3) is 0 Å². The second-order valence-electron chi connectivity index (χ2n) is 7.71. The number of carbonyl (C=O) groups is 2. The molecule has 27 heavy (non-hydrogen) atoms. The Morgan fingerprint density at radius 2 is 1.85 bits per heavy atom. The summed E-state index contributed by atoms with van der Waals surface area (Å²) in [7, 11) is 0. The van der Waals surface area contributed by atoms with Gasteiger partial charge in [0.15, 0.2) is 5.78 Å². The summed E-state index contributed by atoms with van der Waals surface area (Å²) in [5.41, 5.74) is 3.98. The molecule has 2 heterocycles. The molecule has 1 aliphatic heterocycles. The fraction of sp³-hybridized carbons (Fsp3) is 0.500. The summed E-state index contributed by atoms with van der Waals surface area (Å²) < 4.78 is 5.88. The summed E-state index contributed by atoms with van der Waals surface area (Å²) in [4.78, 5) is 30.1. The molecule has 0 radical (unpaired) electrons. The molecule has 0 spiro atoms. The van der Waals surface area contributed by atoms with Gasteiger partial charge in [0.05, 0.1) is 5.57 Å². The van der Waals surface area contributed by atoms with Crippen LogP contribution < -0.4 is 5.32 Å². The van der Waals surface area contributed by atoms with Crippen LogP contribution in [-0.4, -0.2) is 22.8 Å². The van der Waals surface area contributed by atoms with Crippen LogP contribution in [0.4, 0.5) is 0 Å². The Balaban J connectivity index is 1.71. The zero-order chi connectivity index (χ0) is 18.8. The standard InChI is InChI=1S/C22H26N2O3/c1-14-19(22(26)27-16-6-3-2-4-7-16)20(15-10-12-23-13-11-15)21-17(24-14)8-5-9-18(21)25/h10-13,16,20,24H,2-9H2,1H3/t20-/m1/s1. The van der Waals surface area contributed by atoms with Crippen LogP contribution in [0.25, 0.3) is 0 Å². The van der Waals surface area contributed by atoms with Gasteiger partial charge in [-0.05, 0) is 63.1 Å². The zero-order valence-electron chi connectivity index (χ0n) is 15.8. The molecule has 0 aromatic carbocycles. The first-order chi connectivity index (χ1) is 13.1. The maximum Gasteiger partial charge on any atom is 0.337 e. The summed E-state index contributed by atoms with van der Waals surface area (Å²) in [6, 6.07) is 3.79. The van der Waals surface area contributed by atoms with Crippen LogP contribution in [0.3, 0.4) is 0 Å². The first-order valence-electron chi connectivity index (χ1n) is 10.00. The highest BCUT2D eigenvalue weighted by Crippen LogP contribution is 2.42. The molecule has 2 aliphatic carbocycles. The van der Waals surface area contributed by atoms with Crippen molar-refractivity contribution in [1.29, 1.82) is 0 Å². The number of esters is 1. The van der Waals surface area contributed by atoms with E-state index in [0.717, 1.165) is 61.1 Å². The lowest BCUT2D eigenvalue weighted by Gasteiger charge is -2.34. The van der Waals surface area contributed by atoms with Gasteiger partial charge >= 0.3 is 5.97 Å². The molecule has 3 aliphatic rings. The van der Waals surface area contributed by atoms with E-state index in [1.165, 1.54) is 6.42 Å². The average Bonchev–Trinajstić information content (AvgIpc) is 2.68. The molecule has 1 N–H and O–H groups in total. The van der Waals surface area contributed by atoms with Crippen molar-refractivity contribution >= 4 is 11.8 Å². The number of nitrogens with zero attached hydrogens (tertiary/aromatic N) is 1. The van der Waals surface area contributed by atoms with Crippen LogP contribution in [0.5, 0.6) is 0 Å². The summed E-state index contributed by atoms with van der Waals surface area (Å²) in [5, 5.41) is 3.34. The number of nitrogens with one attached hydrogen (secondary N) is 1. The van der Waals surface area contributed by atoms with E-state index in [1.54, 1.807) is 12.4 Å². The smallest absolute Gasteiger partial charge is 0.337 e. The van der Waals surface area contributed by atoms with Gasteiger partial charge < -0.3 is 10.1 Å². The Kier molecular flexibility index (Phi) is 5.10. The number of pyridine rings is 1. The largest absolute Gasteiger partial charge is 0.459 e.